The first kappa shape index (κ1) is 12.7. The van der Waals surface area contributed by atoms with Gasteiger partial charge < -0.3 is 15.0 Å². The summed E-state index contributed by atoms with van der Waals surface area (Å²) in [4.78, 5) is 11.1. The van der Waals surface area contributed by atoms with Crippen LogP contribution < -0.4 is 15.0 Å². The van der Waals surface area contributed by atoms with Gasteiger partial charge in [-0.05, 0) is 38.1 Å². The molecule has 1 aromatic rings. The van der Waals surface area contributed by atoms with Gasteiger partial charge in [-0.2, -0.15) is 4.98 Å². The topological polar surface area (TPSA) is 50.3 Å². The maximum atomic E-state index is 5.16. The van der Waals surface area contributed by atoms with Gasteiger partial charge in [0.15, 0.2) is 5.82 Å². The molecule has 5 heteroatoms. The lowest BCUT2D eigenvalue weighted by Gasteiger charge is -2.36. The third-order valence-electron chi connectivity index (χ3n) is 4.26. The van der Waals surface area contributed by atoms with E-state index in [1.807, 2.05) is 6.20 Å². The molecule has 0 aliphatic carbocycles. The van der Waals surface area contributed by atoms with Crippen molar-refractivity contribution in [3.05, 3.63) is 12.4 Å². The van der Waals surface area contributed by atoms with Crippen LogP contribution in [-0.2, 0) is 0 Å². The average Bonchev–Trinajstić information content (AvgIpc) is 3.02. The molecular formula is C14H22N4O. The zero-order valence-electron chi connectivity index (χ0n) is 11.5. The average molecular weight is 262 g/mol. The third kappa shape index (κ3) is 2.81. The van der Waals surface area contributed by atoms with Gasteiger partial charge in [0.2, 0.25) is 5.88 Å². The Kier molecular flexibility index (Phi) is 3.82. The number of nitrogens with one attached hydrogen (secondary N) is 1. The fourth-order valence-electron chi connectivity index (χ4n) is 3.25. The summed E-state index contributed by atoms with van der Waals surface area (Å²) >= 11 is 0. The maximum Gasteiger partial charge on any atom is 0.233 e. The highest BCUT2D eigenvalue weighted by Gasteiger charge is 2.29. The smallest absolute Gasteiger partial charge is 0.233 e. The molecule has 0 aromatic carbocycles. The van der Waals surface area contributed by atoms with Gasteiger partial charge in [-0.1, -0.05) is 0 Å². The van der Waals surface area contributed by atoms with Crippen LogP contribution in [0.25, 0.3) is 0 Å². The number of nitrogens with zero attached hydrogens (tertiary/aromatic N) is 3. The van der Waals surface area contributed by atoms with Gasteiger partial charge in [0.25, 0.3) is 0 Å². The quantitative estimate of drug-likeness (QED) is 0.893. The molecule has 2 unspecified atom stereocenters. The van der Waals surface area contributed by atoms with Crippen LogP contribution >= 0.6 is 0 Å². The van der Waals surface area contributed by atoms with Crippen LogP contribution in [-0.4, -0.2) is 42.8 Å². The van der Waals surface area contributed by atoms with Crippen molar-refractivity contribution in [2.24, 2.45) is 5.92 Å². The molecule has 0 spiro atoms. The molecule has 2 aliphatic heterocycles. The van der Waals surface area contributed by atoms with Crippen molar-refractivity contribution in [2.45, 2.75) is 31.7 Å². The first-order valence-electron chi connectivity index (χ1n) is 7.21. The summed E-state index contributed by atoms with van der Waals surface area (Å²) in [5, 5.41) is 3.63. The van der Waals surface area contributed by atoms with Crippen molar-refractivity contribution in [2.75, 3.05) is 31.6 Å². The third-order valence-corrected chi connectivity index (χ3v) is 4.26. The monoisotopic (exact) mass is 262 g/mol. The number of piperidine rings is 1. The van der Waals surface area contributed by atoms with Crippen molar-refractivity contribution in [1.82, 2.24) is 15.3 Å². The Morgan fingerprint density at radius 2 is 2.26 bits per heavy atom. The van der Waals surface area contributed by atoms with Crippen LogP contribution in [0.2, 0.25) is 0 Å². The van der Waals surface area contributed by atoms with E-state index in [1.165, 1.54) is 32.2 Å². The zero-order chi connectivity index (χ0) is 13.1. The van der Waals surface area contributed by atoms with Gasteiger partial charge in [-0.3, -0.25) is 4.98 Å². The van der Waals surface area contributed by atoms with E-state index >= 15 is 0 Å². The molecule has 0 bridgehead atoms. The molecule has 2 aliphatic rings. The molecular weight excluding hydrogens is 240 g/mol. The van der Waals surface area contributed by atoms with E-state index in [0.29, 0.717) is 11.9 Å². The van der Waals surface area contributed by atoms with E-state index < -0.39 is 0 Å². The highest BCUT2D eigenvalue weighted by Crippen LogP contribution is 2.27. The lowest BCUT2D eigenvalue weighted by atomic mass is 9.90. The summed E-state index contributed by atoms with van der Waals surface area (Å²) in [6.07, 6.45) is 8.70. The lowest BCUT2D eigenvalue weighted by Crippen LogP contribution is -2.43. The number of hydrogen-bond acceptors (Lipinski definition) is 5. The van der Waals surface area contributed by atoms with E-state index in [-0.39, 0.29) is 0 Å². The molecule has 19 heavy (non-hydrogen) atoms. The molecule has 104 valence electrons. The minimum Gasteiger partial charge on any atom is -0.480 e. The zero-order valence-corrected chi connectivity index (χ0v) is 11.5. The van der Waals surface area contributed by atoms with Crippen LogP contribution in [0, 0.1) is 5.92 Å². The number of anilines is 1. The summed E-state index contributed by atoms with van der Waals surface area (Å²) < 4.78 is 5.16. The molecule has 0 amide bonds. The molecule has 2 fully saturated rings. The Bertz CT molecular complexity index is 420. The Morgan fingerprint density at radius 3 is 3.05 bits per heavy atom. The molecule has 2 saturated heterocycles. The second-order valence-corrected chi connectivity index (χ2v) is 5.47. The first-order valence-corrected chi connectivity index (χ1v) is 7.21. The second kappa shape index (κ2) is 5.74. The highest BCUT2D eigenvalue weighted by atomic mass is 16.5. The molecule has 5 nitrogen and oxygen atoms in total. The van der Waals surface area contributed by atoms with Crippen molar-refractivity contribution in [3.8, 4) is 5.88 Å². The van der Waals surface area contributed by atoms with Gasteiger partial charge >= 0.3 is 0 Å². The minimum absolute atomic E-state index is 0.596. The molecule has 3 heterocycles. The summed E-state index contributed by atoms with van der Waals surface area (Å²) in [5.74, 6) is 2.28. The van der Waals surface area contributed by atoms with E-state index in [9.17, 15) is 0 Å². The number of methoxy groups -OCH3 is 1. The van der Waals surface area contributed by atoms with Crippen molar-refractivity contribution >= 4 is 5.82 Å². The first-order chi connectivity index (χ1) is 9.36. The minimum atomic E-state index is 0.596. The summed E-state index contributed by atoms with van der Waals surface area (Å²) in [6.45, 7) is 3.34. The largest absolute Gasteiger partial charge is 0.480 e. The number of rotatable bonds is 3. The fourth-order valence-corrected chi connectivity index (χ4v) is 3.25. The van der Waals surface area contributed by atoms with E-state index in [1.54, 1.807) is 13.3 Å². The highest BCUT2D eigenvalue weighted by molar-refractivity contribution is 5.38. The van der Waals surface area contributed by atoms with Crippen molar-refractivity contribution < 1.29 is 4.74 Å². The number of aromatic nitrogens is 2. The van der Waals surface area contributed by atoms with Crippen molar-refractivity contribution in [1.29, 1.82) is 0 Å². The SMILES string of the molecule is COc1cncc(N2CCCC(C3CCCN3)C2)n1. The van der Waals surface area contributed by atoms with Crippen LogP contribution in [0.15, 0.2) is 12.4 Å². The lowest BCUT2D eigenvalue weighted by molar-refractivity contribution is 0.326. The van der Waals surface area contributed by atoms with E-state index in [2.05, 4.69) is 20.2 Å². The van der Waals surface area contributed by atoms with Crippen LogP contribution in [0.5, 0.6) is 5.88 Å². The predicted octanol–water partition coefficient (Wildman–Crippen LogP) is 1.45. The Balaban J connectivity index is 1.69. The number of hydrogen-bond donors (Lipinski definition) is 1. The molecule has 0 radical (unpaired) electrons. The normalized spacial score (nSPS) is 27.5. The summed E-state index contributed by atoms with van der Waals surface area (Å²) in [5.41, 5.74) is 0. The van der Waals surface area contributed by atoms with Crippen LogP contribution in [0.1, 0.15) is 25.7 Å². The Labute approximate surface area is 114 Å². The van der Waals surface area contributed by atoms with Gasteiger partial charge in [0.05, 0.1) is 19.5 Å². The van der Waals surface area contributed by atoms with Gasteiger partial charge in [0.1, 0.15) is 0 Å². The molecule has 1 aromatic heterocycles. The molecule has 2 atom stereocenters. The molecule has 1 N–H and O–H groups in total. The van der Waals surface area contributed by atoms with Gasteiger partial charge in [-0.25, -0.2) is 0 Å². The van der Waals surface area contributed by atoms with Crippen molar-refractivity contribution in [3.63, 3.8) is 0 Å². The fraction of sp³-hybridized carbons (Fsp3) is 0.714. The standard InChI is InChI=1S/C14H22N4O/c1-19-14-9-15-8-13(17-14)18-7-3-4-11(10-18)12-5-2-6-16-12/h8-9,11-12,16H,2-7,10H2,1H3. The molecule has 3 rings (SSSR count). The Hall–Kier alpha value is -1.36. The van der Waals surface area contributed by atoms with E-state index in [0.717, 1.165) is 24.8 Å². The van der Waals surface area contributed by atoms with Gasteiger partial charge in [-0.15, -0.1) is 0 Å². The summed E-state index contributed by atoms with van der Waals surface area (Å²) in [6, 6.07) is 0.696. The molecule has 0 saturated carbocycles. The number of ether oxygens (including phenoxy) is 1. The van der Waals surface area contributed by atoms with E-state index in [4.69, 9.17) is 4.74 Å². The van der Waals surface area contributed by atoms with Crippen LogP contribution in [0.4, 0.5) is 5.82 Å². The summed E-state index contributed by atoms with van der Waals surface area (Å²) in [7, 11) is 1.63. The Morgan fingerprint density at radius 1 is 1.32 bits per heavy atom. The van der Waals surface area contributed by atoms with Crippen LogP contribution in [0.3, 0.4) is 0 Å². The second-order valence-electron chi connectivity index (χ2n) is 5.47. The van der Waals surface area contributed by atoms with Gasteiger partial charge in [0, 0.05) is 19.1 Å². The predicted molar refractivity (Wildman–Crippen MR) is 74.5 cm³/mol. The maximum absolute atomic E-state index is 5.16.